The molecular formula is C21H30N3O2+. The number of likely N-dealkylation sites (tertiary alicyclic amines) is 1. The maximum atomic E-state index is 13.3. The Morgan fingerprint density at radius 2 is 1.85 bits per heavy atom. The van der Waals surface area contributed by atoms with Crippen molar-refractivity contribution in [3.63, 3.8) is 0 Å². The summed E-state index contributed by atoms with van der Waals surface area (Å²) in [4.78, 5) is 20.6. The van der Waals surface area contributed by atoms with Gasteiger partial charge in [0.2, 0.25) is 0 Å². The minimum absolute atomic E-state index is 0.211. The van der Waals surface area contributed by atoms with E-state index in [1.165, 1.54) is 38.8 Å². The van der Waals surface area contributed by atoms with E-state index >= 15 is 0 Å². The number of ether oxygens (including phenoxy) is 1. The lowest BCUT2D eigenvalue weighted by molar-refractivity contribution is -0.913. The van der Waals surface area contributed by atoms with E-state index < -0.39 is 0 Å². The van der Waals surface area contributed by atoms with Crippen molar-refractivity contribution in [2.75, 3.05) is 44.3 Å². The van der Waals surface area contributed by atoms with E-state index in [0.29, 0.717) is 0 Å². The molecule has 3 heterocycles. The summed E-state index contributed by atoms with van der Waals surface area (Å²) in [6.07, 6.45) is 5.22. The van der Waals surface area contributed by atoms with E-state index in [2.05, 4.69) is 28.1 Å². The first kappa shape index (κ1) is 17.6. The lowest BCUT2D eigenvalue weighted by Gasteiger charge is -2.29. The van der Waals surface area contributed by atoms with Crippen LogP contribution < -0.4 is 15.2 Å². The van der Waals surface area contributed by atoms with Gasteiger partial charge >= 0.3 is 0 Å². The molecule has 0 spiro atoms. The van der Waals surface area contributed by atoms with Crippen molar-refractivity contribution in [3.05, 3.63) is 39.7 Å². The molecule has 1 aromatic carbocycles. The highest BCUT2D eigenvalue weighted by Gasteiger charge is 2.19. The molecule has 0 saturated carbocycles. The van der Waals surface area contributed by atoms with Crippen LogP contribution in [0.3, 0.4) is 0 Å². The van der Waals surface area contributed by atoms with Gasteiger partial charge in [-0.25, -0.2) is 0 Å². The van der Waals surface area contributed by atoms with Gasteiger partial charge in [-0.05, 0) is 50.8 Å². The quantitative estimate of drug-likeness (QED) is 0.879. The van der Waals surface area contributed by atoms with Crippen molar-refractivity contribution in [2.45, 2.75) is 39.2 Å². The third-order valence-corrected chi connectivity index (χ3v) is 5.91. The smallest absolute Gasteiger partial charge is 0.198 e. The highest BCUT2D eigenvalue weighted by molar-refractivity contribution is 5.83. The second-order valence-corrected chi connectivity index (χ2v) is 7.73. The average Bonchev–Trinajstić information content (AvgIpc) is 2.94. The number of rotatable bonds is 3. The standard InChI is InChI=1S/C21H29N3O2/c1-16-19(15-23-8-4-2-3-5-9-23)21(25)18-14-17(6-7-20(18)22-16)24-10-12-26-13-11-24/h6-7,14H,2-5,8-13,15H2,1H3,(H,22,25)/p+1. The summed E-state index contributed by atoms with van der Waals surface area (Å²) in [7, 11) is 0. The van der Waals surface area contributed by atoms with Gasteiger partial charge < -0.3 is 19.5 Å². The molecule has 1 aromatic heterocycles. The van der Waals surface area contributed by atoms with Gasteiger partial charge in [0.15, 0.2) is 5.43 Å². The van der Waals surface area contributed by atoms with E-state index in [4.69, 9.17) is 4.74 Å². The van der Waals surface area contributed by atoms with Crippen LogP contribution in [-0.4, -0.2) is 44.4 Å². The van der Waals surface area contributed by atoms with Crippen molar-refractivity contribution in [3.8, 4) is 0 Å². The molecular weight excluding hydrogens is 326 g/mol. The number of H-pyrrole nitrogens is 1. The van der Waals surface area contributed by atoms with Crippen LogP contribution in [0, 0.1) is 6.92 Å². The minimum atomic E-state index is 0.211. The number of nitrogens with one attached hydrogen (secondary N) is 2. The Hall–Kier alpha value is -1.85. The monoisotopic (exact) mass is 356 g/mol. The highest BCUT2D eigenvalue weighted by Crippen LogP contribution is 2.21. The number of benzene rings is 1. The van der Waals surface area contributed by atoms with Gasteiger partial charge in [0.05, 0.1) is 31.9 Å². The van der Waals surface area contributed by atoms with Crippen LogP contribution >= 0.6 is 0 Å². The second kappa shape index (κ2) is 7.80. The predicted octanol–water partition coefficient (Wildman–Crippen LogP) is 1.63. The van der Waals surface area contributed by atoms with E-state index in [0.717, 1.165) is 60.7 Å². The third-order valence-electron chi connectivity index (χ3n) is 5.91. The number of hydrogen-bond donors (Lipinski definition) is 2. The molecule has 26 heavy (non-hydrogen) atoms. The molecule has 0 amide bonds. The first-order valence-corrected chi connectivity index (χ1v) is 10.0. The fraction of sp³-hybridized carbons (Fsp3) is 0.571. The number of nitrogens with zero attached hydrogens (tertiary/aromatic N) is 1. The number of hydrogen-bond acceptors (Lipinski definition) is 3. The molecule has 2 saturated heterocycles. The number of pyridine rings is 1. The molecule has 5 nitrogen and oxygen atoms in total. The van der Waals surface area contributed by atoms with E-state index in [9.17, 15) is 4.79 Å². The fourth-order valence-corrected chi connectivity index (χ4v) is 4.33. The number of aromatic nitrogens is 1. The van der Waals surface area contributed by atoms with Crippen molar-refractivity contribution in [2.24, 2.45) is 0 Å². The van der Waals surface area contributed by atoms with Gasteiger partial charge in [0, 0.05) is 35.4 Å². The number of morpholine rings is 1. The Labute approximate surface area is 154 Å². The Bertz CT molecular complexity index is 816. The Balaban J connectivity index is 1.67. The molecule has 0 bridgehead atoms. The lowest BCUT2D eigenvalue weighted by atomic mass is 10.1. The molecule has 4 rings (SSSR count). The van der Waals surface area contributed by atoms with Crippen LogP contribution in [0.15, 0.2) is 23.0 Å². The maximum Gasteiger partial charge on any atom is 0.198 e. The van der Waals surface area contributed by atoms with Crippen LogP contribution in [0.1, 0.15) is 36.9 Å². The minimum Gasteiger partial charge on any atom is -0.378 e. The SMILES string of the molecule is Cc1[nH]c2ccc(N3CCOCC3)cc2c(=O)c1C[NH+]1CCCCCC1. The van der Waals surface area contributed by atoms with Crippen LogP contribution in [0.25, 0.3) is 10.9 Å². The first-order valence-electron chi connectivity index (χ1n) is 10.0. The molecule has 140 valence electrons. The zero-order valence-corrected chi connectivity index (χ0v) is 15.8. The van der Waals surface area contributed by atoms with Crippen molar-refractivity contribution >= 4 is 16.6 Å². The number of quaternary nitrogens is 1. The molecule has 0 atom stereocenters. The molecule has 2 aliphatic heterocycles. The summed E-state index contributed by atoms with van der Waals surface area (Å²) in [5, 5.41) is 0.823. The zero-order chi connectivity index (χ0) is 17.9. The Kier molecular flexibility index (Phi) is 5.27. The zero-order valence-electron chi connectivity index (χ0n) is 15.8. The topological polar surface area (TPSA) is 49.8 Å². The summed E-state index contributed by atoms with van der Waals surface area (Å²) < 4.78 is 5.45. The Morgan fingerprint density at radius 3 is 2.58 bits per heavy atom. The van der Waals surface area contributed by atoms with Crippen molar-refractivity contribution in [1.82, 2.24) is 4.98 Å². The number of anilines is 1. The van der Waals surface area contributed by atoms with Gasteiger partial charge in [0.1, 0.15) is 6.54 Å². The van der Waals surface area contributed by atoms with Crippen LogP contribution in [0.2, 0.25) is 0 Å². The molecule has 2 fully saturated rings. The van der Waals surface area contributed by atoms with Gasteiger partial charge in [-0.1, -0.05) is 0 Å². The fourth-order valence-electron chi connectivity index (χ4n) is 4.33. The number of fused-ring (bicyclic) bond motifs is 1. The highest BCUT2D eigenvalue weighted by atomic mass is 16.5. The van der Waals surface area contributed by atoms with Crippen molar-refractivity contribution < 1.29 is 9.64 Å². The third kappa shape index (κ3) is 3.64. The molecule has 0 aliphatic carbocycles. The Morgan fingerprint density at radius 1 is 1.12 bits per heavy atom. The van der Waals surface area contributed by atoms with Gasteiger partial charge in [-0.15, -0.1) is 0 Å². The summed E-state index contributed by atoms with van der Waals surface area (Å²) in [6, 6.07) is 6.24. The molecule has 2 aliphatic rings. The molecule has 0 unspecified atom stereocenters. The molecule has 5 heteroatoms. The van der Waals surface area contributed by atoms with Gasteiger partial charge in [0.25, 0.3) is 0 Å². The first-order chi connectivity index (χ1) is 12.7. The summed E-state index contributed by atoms with van der Waals surface area (Å²) >= 11 is 0. The number of aromatic amines is 1. The normalized spacial score (nSPS) is 19.7. The molecule has 0 radical (unpaired) electrons. The van der Waals surface area contributed by atoms with Crippen LogP contribution in [0.5, 0.6) is 0 Å². The molecule has 2 N–H and O–H groups in total. The lowest BCUT2D eigenvalue weighted by Crippen LogP contribution is -3.10. The van der Waals surface area contributed by atoms with Crippen molar-refractivity contribution in [1.29, 1.82) is 0 Å². The predicted molar refractivity (Wildman–Crippen MR) is 105 cm³/mol. The maximum absolute atomic E-state index is 13.3. The largest absolute Gasteiger partial charge is 0.378 e. The molecule has 2 aromatic rings. The number of aryl methyl sites for hydroxylation is 1. The van der Waals surface area contributed by atoms with Gasteiger partial charge in [-0.2, -0.15) is 0 Å². The summed E-state index contributed by atoms with van der Waals surface area (Å²) in [5.41, 5.74) is 4.28. The summed E-state index contributed by atoms with van der Waals surface area (Å²) in [5.74, 6) is 0. The van der Waals surface area contributed by atoms with Crippen LogP contribution in [0.4, 0.5) is 5.69 Å². The average molecular weight is 356 g/mol. The summed E-state index contributed by atoms with van der Waals surface area (Å²) in [6.45, 7) is 8.55. The van der Waals surface area contributed by atoms with Crippen LogP contribution in [-0.2, 0) is 11.3 Å². The van der Waals surface area contributed by atoms with Gasteiger partial charge in [-0.3, -0.25) is 4.79 Å². The second-order valence-electron chi connectivity index (χ2n) is 7.73. The van der Waals surface area contributed by atoms with E-state index in [1.807, 2.05) is 6.92 Å². The van der Waals surface area contributed by atoms with E-state index in [1.54, 1.807) is 4.90 Å². The van der Waals surface area contributed by atoms with E-state index in [-0.39, 0.29) is 5.43 Å².